The zero-order chi connectivity index (χ0) is 16.8. The van der Waals surface area contributed by atoms with Crippen LogP contribution >= 0.6 is 23.1 Å². The first-order valence-corrected chi connectivity index (χ1v) is 8.49. The van der Waals surface area contributed by atoms with Gasteiger partial charge in [-0.3, -0.25) is 0 Å². The Kier molecular flexibility index (Phi) is 6.05. The number of benzene rings is 1. The summed E-state index contributed by atoms with van der Waals surface area (Å²) in [5.74, 6) is 0. The highest BCUT2D eigenvalue weighted by atomic mass is 32.2. The normalized spacial score (nSPS) is 12.0. The summed E-state index contributed by atoms with van der Waals surface area (Å²) in [5, 5.41) is 17.2. The van der Waals surface area contributed by atoms with Crippen LogP contribution in [0.4, 0.5) is 9.59 Å². The quantitative estimate of drug-likeness (QED) is 0.434. The molecule has 0 radical (unpaired) electrons. The molecule has 1 aromatic carbocycles. The summed E-state index contributed by atoms with van der Waals surface area (Å²) in [6.45, 7) is 1.92. The van der Waals surface area contributed by atoms with Crippen molar-refractivity contribution in [3.8, 4) is 0 Å². The van der Waals surface area contributed by atoms with Crippen LogP contribution in [0.15, 0.2) is 22.5 Å². The van der Waals surface area contributed by atoms with Crippen LogP contribution in [-0.4, -0.2) is 39.6 Å². The fourth-order valence-electron chi connectivity index (χ4n) is 1.83. The van der Waals surface area contributed by atoms with Gasteiger partial charge in [0.05, 0.1) is 16.8 Å². The molecular weight excluding hydrogens is 342 g/mol. The van der Waals surface area contributed by atoms with Gasteiger partial charge < -0.3 is 19.7 Å². The van der Waals surface area contributed by atoms with E-state index in [0.29, 0.717) is 4.34 Å². The largest absolute Gasteiger partial charge is 0.506 e. The van der Waals surface area contributed by atoms with E-state index in [1.165, 1.54) is 16.9 Å². The molecule has 0 saturated carbocycles. The monoisotopic (exact) mass is 357 g/mol. The molecule has 9 heteroatoms. The summed E-state index contributed by atoms with van der Waals surface area (Å²) in [7, 11) is 0. The van der Waals surface area contributed by atoms with Crippen molar-refractivity contribution in [1.29, 1.82) is 0 Å². The third kappa shape index (κ3) is 5.29. The lowest BCUT2D eigenvalue weighted by molar-refractivity contribution is 0.0601. The minimum atomic E-state index is -1.42. The molecule has 0 saturated heterocycles. The zero-order valence-electron chi connectivity index (χ0n) is 12.2. The fourth-order valence-corrected chi connectivity index (χ4v) is 4.09. The summed E-state index contributed by atoms with van der Waals surface area (Å²) in [5.41, 5.74) is 1.26. The van der Waals surface area contributed by atoms with Crippen molar-refractivity contribution < 1.29 is 29.3 Å². The van der Waals surface area contributed by atoms with Crippen LogP contribution in [0.2, 0.25) is 0 Å². The Labute approximate surface area is 140 Å². The van der Waals surface area contributed by atoms with Gasteiger partial charge in [-0.15, -0.1) is 11.3 Å². The summed E-state index contributed by atoms with van der Waals surface area (Å²) in [6, 6.07) is 5.98. The lowest BCUT2D eigenvalue weighted by atomic mass is 10.2. The second kappa shape index (κ2) is 8.02. The third-order valence-corrected chi connectivity index (χ3v) is 5.12. The molecule has 2 aromatic rings. The van der Waals surface area contributed by atoms with Gasteiger partial charge in [0.1, 0.15) is 0 Å². The Morgan fingerprint density at radius 1 is 1.35 bits per heavy atom. The highest BCUT2D eigenvalue weighted by molar-refractivity contribution is 8.01. The number of fused-ring (bicyclic) bond motifs is 1. The number of thioether (sulfide) groups is 1. The Hall–Kier alpha value is -2.00. The first-order chi connectivity index (χ1) is 11.0. The third-order valence-electron chi connectivity index (χ3n) is 2.89. The minimum Gasteiger partial charge on any atom is -0.450 e. The molecule has 1 atom stereocenters. The van der Waals surface area contributed by atoms with Crippen molar-refractivity contribution >= 4 is 45.6 Å². The SMILES string of the molecule is CCc1ccc2nc(SC(CCOC(=O)O)OC(=O)O)sc2c1. The molecule has 23 heavy (non-hydrogen) atoms. The Morgan fingerprint density at radius 2 is 2.13 bits per heavy atom. The maximum absolute atomic E-state index is 10.7. The second-order valence-electron chi connectivity index (χ2n) is 4.47. The van der Waals surface area contributed by atoms with E-state index in [1.807, 2.05) is 12.1 Å². The van der Waals surface area contributed by atoms with Gasteiger partial charge in [0.2, 0.25) is 0 Å². The summed E-state index contributed by atoms with van der Waals surface area (Å²) >= 11 is 2.58. The number of carbonyl (C=O) groups is 2. The average molecular weight is 357 g/mol. The highest BCUT2D eigenvalue weighted by Gasteiger charge is 2.18. The Bertz CT molecular complexity index is 702. The minimum absolute atomic E-state index is 0.111. The molecule has 7 nitrogen and oxygen atoms in total. The summed E-state index contributed by atoms with van der Waals surface area (Å²) < 4.78 is 10.8. The summed E-state index contributed by atoms with van der Waals surface area (Å²) in [6.07, 6.45) is -1.80. The molecular formula is C14H15NO6S2. The van der Waals surface area contributed by atoms with Gasteiger partial charge in [-0.2, -0.15) is 0 Å². The second-order valence-corrected chi connectivity index (χ2v) is 6.91. The van der Waals surface area contributed by atoms with Crippen LogP contribution in [-0.2, 0) is 15.9 Å². The molecule has 0 aliphatic rings. The molecule has 1 heterocycles. The van der Waals surface area contributed by atoms with E-state index in [2.05, 4.69) is 22.7 Å². The molecule has 1 aromatic heterocycles. The van der Waals surface area contributed by atoms with Crippen molar-refractivity contribution in [2.75, 3.05) is 6.61 Å². The lowest BCUT2D eigenvalue weighted by Gasteiger charge is -2.13. The predicted octanol–water partition coefficient (Wildman–Crippen LogP) is 4.06. The van der Waals surface area contributed by atoms with E-state index in [4.69, 9.17) is 14.9 Å². The molecule has 2 N–H and O–H groups in total. The van der Waals surface area contributed by atoms with Crippen LogP contribution in [0, 0.1) is 0 Å². The van der Waals surface area contributed by atoms with Gasteiger partial charge in [-0.05, 0) is 24.1 Å². The molecule has 0 aliphatic heterocycles. The molecule has 1 unspecified atom stereocenters. The molecule has 0 fully saturated rings. The Morgan fingerprint density at radius 3 is 2.78 bits per heavy atom. The number of aromatic nitrogens is 1. The van der Waals surface area contributed by atoms with Crippen LogP contribution in [0.25, 0.3) is 10.2 Å². The number of hydrogen-bond donors (Lipinski definition) is 2. The predicted molar refractivity (Wildman–Crippen MR) is 86.3 cm³/mol. The number of ether oxygens (including phenoxy) is 2. The van der Waals surface area contributed by atoms with Crippen molar-refractivity contribution in [2.45, 2.75) is 29.5 Å². The van der Waals surface area contributed by atoms with Crippen LogP contribution < -0.4 is 0 Å². The van der Waals surface area contributed by atoms with Crippen molar-refractivity contribution in [3.63, 3.8) is 0 Å². The number of carboxylic acid groups (broad SMARTS) is 2. The smallest absolute Gasteiger partial charge is 0.450 e. The average Bonchev–Trinajstić information content (AvgIpc) is 2.87. The van der Waals surface area contributed by atoms with E-state index >= 15 is 0 Å². The van der Waals surface area contributed by atoms with Gasteiger partial charge in [-0.1, -0.05) is 24.8 Å². The van der Waals surface area contributed by atoms with E-state index in [0.717, 1.165) is 28.4 Å². The zero-order valence-corrected chi connectivity index (χ0v) is 13.9. The van der Waals surface area contributed by atoms with Crippen LogP contribution in [0.1, 0.15) is 18.9 Å². The standard InChI is InChI=1S/C14H15NO6S2/c1-2-8-3-4-9-10(7-8)22-12(15-9)23-11(21-14(18)19)5-6-20-13(16)17/h3-4,7,11H,2,5-6H2,1H3,(H,16,17)(H,18,19). The van der Waals surface area contributed by atoms with Crippen LogP contribution in [0.3, 0.4) is 0 Å². The van der Waals surface area contributed by atoms with Gasteiger partial charge in [0.15, 0.2) is 9.78 Å². The number of aryl methyl sites for hydroxylation is 1. The molecule has 0 spiro atoms. The summed E-state index contributed by atoms with van der Waals surface area (Å²) in [4.78, 5) is 25.5. The fraction of sp³-hybridized carbons (Fsp3) is 0.357. The Balaban J connectivity index is 2.08. The highest BCUT2D eigenvalue weighted by Crippen LogP contribution is 2.34. The van der Waals surface area contributed by atoms with Gasteiger partial charge in [0, 0.05) is 6.42 Å². The molecule has 124 valence electrons. The molecule has 0 aliphatic carbocycles. The first kappa shape index (κ1) is 17.4. The van der Waals surface area contributed by atoms with E-state index in [1.54, 1.807) is 0 Å². The molecule has 2 rings (SSSR count). The molecule has 0 bridgehead atoms. The van der Waals surface area contributed by atoms with Gasteiger partial charge in [-0.25, -0.2) is 14.6 Å². The number of rotatable bonds is 7. The maximum Gasteiger partial charge on any atom is 0.506 e. The maximum atomic E-state index is 10.7. The first-order valence-electron chi connectivity index (χ1n) is 6.79. The topological polar surface area (TPSA) is 106 Å². The van der Waals surface area contributed by atoms with E-state index in [9.17, 15) is 9.59 Å². The van der Waals surface area contributed by atoms with E-state index in [-0.39, 0.29) is 13.0 Å². The number of thiazole rings is 1. The van der Waals surface area contributed by atoms with Crippen molar-refractivity contribution in [2.24, 2.45) is 0 Å². The van der Waals surface area contributed by atoms with Crippen molar-refractivity contribution in [1.82, 2.24) is 4.98 Å². The number of nitrogens with zero attached hydrogens (tertiary/aromatic N) is 1. The van der Waals surface area contributed by atoms with Gasteiger partial charge >= 0.3 is 12.3 Å². The lowest BCUT2D eigenvalue weighted by Crippen LogP contribution is -2.16. The molecule has 0 amide bonds. The number of hydrogen-bond acceptors (Lipinski definition) is 7. The van der Waals surface area contributed by atoms with E-state index < -0.39 is 17.7 Å². The van der Waals surface area contributed by atoms with Crippen molar-refractivity contribution in [3.05, 3.63) is 23.8 Å². The van der Waals surface area contributed by atoms with Crippen LogP contribution in [0.5, 0.6) is 0 Å². The van der Waals surface area contributed by atoms with Gasteiger partial charge in [0.25, 0.3) is 0 Å².